The average molecular weight is 388 g/mol. The summed E-state index contributed by atoms with van der Waals surface area (Å²) >= 11 is 0. The highest BCUT2D eigenvalue weighted by atomic mass is 32.2. The second-order valence-corrected chi connectivity index (χ2v) is 8.37. The van der Waals surface area contributed by atoms with Gasteiger partial charge in [0.1, 0.15) is 6.54 Å². The smallest absolute Gasteiger partial charge is 0.323 e. The third-order valence-corrected chi connectivity index (χ3v) is 6.30. The van der Waals surface area contributed by atoms with Gasteiger partial charge in [0.25, 0.3) is 5.91 Å². The number of carboxylic acid groups (broad SMARTS) is 1. The summed E-state index contributed by atoms with van der Waals surface area (Å²) in [7, 11) is -3.30. The van der Waals surface area contributed by atoms with E-state index in [4.69, 9.17) is 0 Å². The summed E-state index contributed by atoms with van der Waals surface area (Å²) in [5.74, 6) is -1.45. The molecule has 27 heavy (non-hydrogen) atoms. The second kappa shape index (κ2) is 7.40. The summed E-state index contributed by atoms with van der Waals surface area (Å²) in [5, 5.41) is 9.19. The molecule has 0 aliphatic carbocycles. The van der Waals surface area contributed by atoms with E-state index in [0.717, 1.165) is 0 Å². The minimum absolute atomic E-state index is 0.118. The third kappa shape index (κ3) is 3.95. The van der Waals surface area contributed by atoms with E-state index in [-0.39, 0.29) is 5.75 Å². The summed E-state index contributed by atoms with van der Waals surface area (Å²) in [5.41, 5.74) is 1.92. The number of hydrogen-bond donors (Lipinski definition) is 1. The van der Waals surface area contributed by atoms with Crippen molar-refractivity contribution in [3.05, 3.63) is 59.7 Å². The Kier molecular flexibility index (Phi) is 5.18. The van der Waals surface area contributed by atoms with E-state index < -0.39 is 28.4 Å². The number of amides is 1. The standard InChI is InChI=1S/C19H20N2O5S/c1-14-12-16(21-10-5-11-27(21,25)26)8-9-17(14)19(24)20(13-18(22)23)15-6-3-2-4-7-15/h2-4,6-9,12H,5,10-11,13H2,1H3,(H,22,23). The molecule has 0 aromatic heterocycles. The molecular weight excluding hydrogens is 368 g/mol. The predicted molar refractivity (Wildman–Crippen MR) is 103 cm³/mol. The van der Waals surface area contributed by atoms with Gasteiger partial charge in [-0.05, 0) is 49.2 Å². The van der Waals surface area contributed by atoms with Crippen molar-refractivity contribution in [2.75, 3.05) is 28.0 Å². The molecule has 0 unspecified atom stereocenters. The predicted octanol–water partition coefficient (Wildman–Crippen LogP) is 2.27. The molecule has 1 N–H and O–H groups in total. The van der Waals surface area contributed by atoms with Gasteiger partial charge >= 0.3 is 5.97 Å². The number of carbonyl (C=O) groups excluding carboxylic acids is 1. The monoisotopic (exact) mass is 388 g/mol. The van der Waals surface area contributed by atoms with Crippen LogP contribution in [-0.4, -0.2) is 44.2 Å². The Balaban J connectivity index is 1.94. The van der Waals surface area contributed by atoms with Crippen LogP contribution in [0.4, 0.5) is 11.4 Å². The van der Waals surface area contributed by atoms with Crippen molar-refractivity contribution in [2.45, 2.75) is 13.3 Å². The Labute approximate surface area is 157 Å². The molecule has 1 saturated heterocycles. The van der Waals surface area contributed by atoms with Crippen molar-refractivity contribution >= 4 is 33.3 Å². The number of sulfonamides is 1. The number of carboxylic acids is 1. The van der Waals surface area contributed by atoms with Gasteiger partial charge in [0.05, 0.1) is 11.4 Å². The summed E-state index contributed by atoms with van der Waals surface area (Å²) in [4.78, 5) is 25.4. The van der Waals surface area contributed by atoms with E-state index in [2.05, 4.69) is 0 Å². The Hall–Kier alpha value is -2.87. The molecule has 0 atom stereocenters. The number of carbonyl (C=O) groups is 2. The average Bonchev–Trinajstić information content (AvgIpc) is 2.99. The molecule has 0 spiro atoms. The third-order valence-electron chi connectivity index (χ3n) is 4.43. The quantitative estimate of drug-likeness (QED) is 0.848. The fourth-order valence-corrected chi connectivity index (χ4v) is 4.70. The van der Waals surface area contributed by atoms with Crippen LogP contribution in [0.15, 0.2) is 48.5 Å². The van der Waals surface area contributed by atoms with E-state index in [1.165, 1.54) is 9.21 Å². The molecule has 1 fully saturated rings. The molecule has 1 heterocycles. The second-order valence-electron chi connectivity index (χ2n) is 6.36. The molecule has 1 aliphatic heterocycles. The van der Waals surface area contributed by atoms with E-state index >= 15 is 0 Å². The molecule has 2 aromatic rings. The van der Waals surface area contributed by atoms with Crippen LogP contribution < -0.4 is 9.21 Å². The maximum absolute atomic E-state index is 13.0. The molecule has 1 amide bonds. The number of para-hydroxylation sites is 1. The first kappa shape index (κ1) is 18.9. The molecule has 142 valence electrons. The fourth-order valence-electron chi connectivity index (χ4n) is 3.14. The number of hydrogen-bond acceptors (Lipinski definition) is 4. The summed E-state index contributed by atoms with van der Waals surface area (Å²) in [6.07, 6.45) is 0.572. The summed E-state index contributed by atoms with van der Waals surface area (Å²) in [6.45, 7) is 1.66. The molecule has 1 aliphatic rings. The topological polar surface area (TPSA) is 95.0 Å². The van der Waals surface area contributed by atoms with Gasteiger partial charge in [0, 0.05) is 17.8 Å². The molecule has 0 radical (unpaired) electrons. The van der Waals surface area contributed by atoms with Gasteiger partial charge in [-0.3, -0.25) is 18.8 Å². The lowest BCUT2D eigenvalue weighted by atomic mass is 10.1. The van der Waals surface area contributed by atoms with E-state index in [1.807, 2.05) is 0 Å². The van der Waals surface area contributed by atoms with Crippen molar-refractivity contribution < 1.29 is 23.1 Å². The van der Waals surface area contributed by atoms with Gasteiger partial charge in [-0.2, -0.15) is 0 Å². The highest BCUT2D eigenvalue weighted by Crippen LogP contribution is 2.27. The lowest BCUT2D eigenvalue weighted by Crippen LogP contribution is -2.36. The normalized spacial score (nSPS) is 15.5. The zero-order chi connectivity index (χ0) is 19.6. The summed E-state index contributed by atoms with van der Waals surface area (Å²) in [6, 6.07) is 13.4. The van der Waals surface area contributed by atoms with Crippen molar-refractivity contribution in [2.24, 2.45) is 0 Å². The first-order valence-corrected chi connectivity index (χ1v) is 10.1. The van der Waals surface area contributed by atoms with Crippen LogP contribution >= 0.6 is 0 Å². The minimum Gasteiger partial charge on any atom is -0.480 e. The molecule has 0 saturated carbocycles. The Morgan fingerprint density at radius 1 is 1.15 bits per heavy atom. The fraction of sp³-hybridized carbons (Fsp3) is 0.263. The highest BCUT2D eigenvalue weighted by molar-refractivity contribution is 7.93. The number of anilines is 2. The van der Waals surface area contributed by atoms with Gasteiger partial charge in [-0.1, -0.05) is 18.2 Å². The molecular formula is C19H20N2O5S. The van der Waals surface area contributed by atoms with Crippen LogP contribution in [-0.2, 0) is 14.8 Å². The van der Waals surface area contributed by atoms with E-state index in [0.29, 0.717) is 35.5 Å². The number of nitrogens with zero attached hydrogens (tertiary/aromatic N) is 2. The van der Waals surface area contributed by atoms with Gasteiger partial charge in [0.2, 0.25) is 10.0 Å². The first-order valence-electron chi connectivity index (χ1n) is 8.49. The SMILES string of the molecule is Cc1cc(N2CCCS2(=O)=O)ccc1C(=O)N(CC(=O)O)c1ccccc1. The molecule has 2 aromatic carbocycles. The molecule has 3 rings (SSSR count). The molecule has 0 bridgehead atoms. The largest absolute Gasteiger partial charge is 0.480 e. The van der Waals surface area contributed by atoms with Gasteiger partial charge < -0.3 is 5.11 Å². The van der Waals surface area contributed by atoms with Crippen LogP contribution in [0.2, 0.25) is 0 Å². The van der Waals surface area contributed by atoms with Crippen molar-refractivity contribution in [1.29, 1.82) is 0 Å². The Morgan fingerprint density at radius 3 is 2.41 bits per heavy atom. The molecule has 7 nitrogen and oxygen atoms in total. The van der Waals surface area contributed by atoms with Crippen LogP contribution in [0.3, 0.4) is 0 Å². The van der Waals surface area contributed by atoms with Gasteiger partial charge in [0.15, 0.2) is 0 Å². The van der Waals surface area contributed by atoms with Crippen LogP contribution in [0.25, 0.3) is 0 Å². The van der Waals surface area contributed by atoms with Gasteiger partial charge in [-0.15, -0.1) is 0 Å². The number of aryl methyl sites for hydroxylation is 1. The summed E-state index contributed by atoms with van der Waals surface area (Å²) < 4.78 is 25.5. The number of rotatable bonds is 5. The minimum atomic E-state index is -3.30. The lowest BCUT2D eigenvalue weighted by molar-refractivity contribution is -0.135. The maximum Gasteiger partial charge on any atom is 0.323 e. The van der Waals surface area contributed by atoms with Crippen molar-refractivity contribution in [3.63, 3.8) is 0 Å². The van der Waals surface area contributed by atoms with Gasteiger partial charge in [-0.25, -0.2) is 8.42 Å². The van der Waals surface area contributed by atoms with E-state index in [1.54, 1.807) is 55.5 Å². The number of benzene rings is 2. The van der Waals surface area contributed by atoms with Crippen molar-refractivity contribution in [3.8, 4) is 0 Å². The van der Waals surface area contributed by atoms with E-state index in [9.17, 15) is 23.1 Å². The van der Waals surface area contributed by atoms with Crippen LogP contribution in [0.1, 0.15) is 22.3 Å². The van der Waals surface area contributed by atoms with Crippen LogP contribution in [0.5, 0.6) is 0 Å². The first-order chi connectivity index (χ1) is 12.8. The number of aliphatic carboxylic acids is 1. The maximum atomic E-state index is 13.0. The zero-order valence-corrected chi connectivity index (χ0v) is 15.6. The van der Waals surface area contributed by atoms with Crippen LogP contribution in [0, 0.1) is 6.92 Å². The Morgan fingerprint density at radius 2 is 1.85 bits per heavy atom. The zero-order valence-electron chi connectivity index (χ0n) is 14.8. The molecule has 8 heteroatoms. The Bertz CT molecular complexity index is 973. The van der Waals surface area contributed by atoms with Crippen molar-refractivity contribution in [1.82, 2.24) is 0 Å². The lowest BCUT2D eigenvalue weighted by Gasteiger charge is -2.23. The highest BCUT2D eigenvalue weighted by Gasteiger charge is 2.29.